The predicted octanol–water partition coefficient (Wildman–Crippen LogP) is 4.44. The van der Waals surface area contributed by atoms with E-state index in [-0.39, 0.29) is 17.5 Å². The molecule has 2 aromatic heterocycles. The van der Waals surface area contributed by atoms with E-state index in [0.717, 1.165) is 23.1 Å². The van der Waals surface area contributed by atoms with E-state index in [1.807, 2.05) is 6.92 Å². The fourth-order valence-corrected chi connectivity index (χ4v) is 5.61. The number of hydrogen-bond acceptors (Lipinski definition) is 6. The van der Waals surface area contributed by atoms with Gasteiger partial charge in [0.25, 0.3) is 0 Å². The molecule has 0 fully saturated rings. The number of nitrogens with two attached hydrogens (primary N) is 1. The maximum atomic E-state index is 13.1. The summed E-state index contributed by atoms with van der Waals surface area (Å²) in [5.74, 6) is 0.302. The first kappa shape index (κ1) is 19.1. The Morgan fingerprint density at radius 2 is 2.00 bits per heavy atom. The van der Waals surface area contributed by atoms with Crippen molar-refractivity contribution >= 4 is 50.7 Å². The van der Waals surface area contributed by atoms with Crippen molar-refractivity contribution in [1.82, 2.24) is 9.97 Å². The first-order valence-corrected chi connectivity index (χ1v) is 11.1. The van der Waals surface area contributed by atoms with Crippen LogP contribution in [-0.4, -0.2) is 28.2 Å². The van der Waals surface area contributed by atoms with Crippen LogP contribution in [0.4, 0.5) is 15.9 Å². The van der Waals surface area contributed by atoms with Crippen LogP contribution in [0, 0.1) is 5.82 Å². The van der Waals surface area contributed by atoms with Crippen molar-refractivity contribution < 1.29 is 9.18 Å². The highest BCUT2D eigenvalue weighted by atomic mass is 32.2. The molecule has 0 saturated heterocycles. The van der Waals surface area contributed by atoms with Gasteiger partial charge in [-0.3, -0.25) is 4.79 Å². The van der Waals surface area contributed by atoms with E-state index in [2.05, 4.69) is 9.97 Å². The van der Waals surface area contributed by atoms with Gasteiger partial charge in [0, 0.05) is 17.1 Å². The molecular weight excluding hydrogens is 395 g/mol. The molecule has 0 spiro atoms. The van der Waals surface area contributed by atoms with Crippen LogP contribution < -0.4 is 10.6 Å². The number of hydrogen-bond donors (Lipinski definition) is 1. The van der Waals surface area contributed by atoms with Crippen LogP contribution in [-0.2, 0) is 17.6 Å². The van der Waals surface area contributed by atoms with E-state index in [4.69, 9.17) is 5.73 Å². The minimum Gasteiger partial charge on any atom is -0.383 e. The fraction of sp³-hybridized carbons (Fsp3) is 0.350. The van der Waals surface area contributed by atoms with Crippen molar-refractivity contribution in [2.75, 3.05) is 22.9 Å². The number of rotatable bonds is 5. The lowest BCUT2D eigenvalue weighted by molar-refractivity contribution is -0.116. The molecule has 4 rings (SSSR count). The van der Waals surface area contributed by atoms with Gasteiger partial charge in [0.05, 0.1) is 11.1 Å². The molecular formula is C20H21FN4OS2. The first-order chi connectivity index (χ1) is 13.6. The summed E-state index contributed by atoms with van der Waals surface area (Å²) in [6.07, 6.45) is 4.51. The van der Waals surface area contributed by atoms with Crippen molar-refractivity contribution in [3.05, 3.63) is 40.5 Å². The standard InChI is InChI=1S/C20H21FN4OS2/c1-2-25(13-9-7-12(21)8-10-13)16(26)11-27-20-23-18(22)17-14-5-3-4-6-15(14)28-19(17)24-20/h7-10H,2-6,11H2,1H3,(H2,22,23,24). The summed E-state index contributed by atoms with van der Waals surface area (Å²) >= 11 is 2.98. The number of fused-ring (bicyclic) bond motifs is 3. The molecule has 0 bridgehead atoms. The van der Waals surface area contributed by atoms with Gasteiger partial charge in [0.15, 0.2) is 5.16 Å². The maximum absolute atomic E-state index is 13.1. The molecule has 2 heterocycles. The normalized spacial score (nSPS) is 13.5. The molecule has 8 heteroatoms. The van der Waals surface area contributed by atoms with Gasteiger partial charge in [-0.2, -0.15) is 0 Å². The minimum absolute atomic E-state index is 0.0770. The summed E-state index contributed by atoms with van der Waals surface area (Å²) in [6.45, 7) is 2.40. The molecule has 1 aromatic carbocycles. The van der Waals surface area contributed by atoms with Gasteiger partial charge in [-0.05, 0) is 62.4 Å². The highest BCUT2D eigenvalue weighted by molar-refractivity contribution is 7.99. The second-order valence-corrected chi connectivity index (χ2v) is 8.71. The van der Waals surface area contributed by atoms with E-state index < -0.39 is 0 Å². The zero-order valence-electron chi connectivity index (χ0n) is 15.6. The Hall–Kier alpha value is -2.19. The Balaban J connectivity index is 1.51. The summed E-state index contributed by atoms with van der Waals surface area (Å²) in [7, 11) is 0. The third-order valence-electron chi connectivity index (χ3n) is 4.90. The number of nitrogens with zero attached hydrogens (tertiary/aromatic N) is 3. The van der Waals surface area contributed by atoms with Crippen LogP contribution in [0.3, 0.4) is 0 Å². The van der Waals surface area contributed by atoms with Crippen molar-refractivity contribution in [3.8, 4) is 0 Å². The summed E-state index contributed by atoms with van der Waals surface area (Å²) in [4.78, 5) is 25.7. The first-order valence-electron chi connectivity index (χ1n) is 9.33. The van der Waals surface area contributed by atoms with Gasteiger partial charge in [-0.15, -0.1) is 11.3 Å². The van der Waals surface area contributed by atoms with Crippen LogP contribution >= 0.6 is 23.1 Å². The smallest absolute Gasteiger partial charge is 0.237 e. The Morgan fingerprint density at radius 3 is 2.75 bits per heavy atom. The number of halogens is 1. The van der Waals surface area contributed by atoms with E-state index in [1.54, 1.807) is 28.4 Å². The molecule has 0 radical (unpaired) electrons. The second kappa shape index (κ2) is 8.05. The van der Waals surface area contributed by atoms with Crippen molar-refractivity contribution in [3.63, 3.8) is 0 Å². The largest absolute Gasteiger partial charge is 0.383 e. The monoisotopic (exact) mass is 416 g/mol. The number of carbonyl (C=O) groups is 1. The van der Waals surface area contributed by atoms with E-state index in [1.165, 1.54) is 47.2 Å². The van der Waals surface area contributed by atoms with Crippen LogP contribution in [0.15, 0.2) is 29.4 Å². The molecule has 1 aliphatic rings. The molecule has 1 aliphatic carbocycles. The summed E-state index contributed by atoms with van der Waals surface area (Å²) in [6, 6.07) is 5.93. The number of thiophene rings is 1. The molecule has 0 saturated carbocycles. The molecule has 5 nitrogen and oxygen atoms in total. The number of carbonyl (C=O) groups excluding carboxylic acids is 1. The molecule has 0 unspecified atom stereocenters. The van der Waals surface area contributed by atoms with Gasteiger partial charge in [0.2, 0.25) is 5.91 Å². The lowest BCUT2D eigenvalue weighted by Gasteiger charge is -2.20. The van der Waals surface area contributed by atoms with Crippen LogP contribution in [0.5, 0.6) is 0 Å². The molecule has 2 N–H and O–H groups in total. The Morgan fingerprint density at radius 1 is 1.25 bits per heavy atom. The summed E-state index contributed by atoms with van der Waals surface area (Å²) < 4.78 is 13.1. The zero-order chi connectivity index (χ0) is 19.7. The average Bonchev–Trinajstić information content (AvgIpc) is 3.07. The summed E-state index contributed by atoms with van der Waals surface area (Å²) in [5.41, 5.74) is 8.22. The number of aromatic nitrogens is 2. The van der Waals surface area contributed by atoms with Gasteiger partial charge >= 0.3 is 0 Å². The Bertz CT molecular complexity index is 1020. The molecule has 0 atom stereocenters. The zero-order valence-corrected chi connectivity index (χ0v) is 17.2. The number of nitrogen functional groups attached to an aromatic ring is 1. The lowest BCUT2D eigenvalue weighted by Crippen LogP contribution is -2.32. The quantitative estimate of drug-likeness (QED) is 0.492. The highest BCUT2D eigenvalue weighted by Gasteiger charge is 2.21. The number of aryl methyl sites for hydroxylation is 2. The fourth-order valence-electron chi connectivity index (χ4n) is 3.56. The Kier molecular flexibility index (Phi) is 5.50. The van der Waals surface area contributed by atoms with Gasteiger partial charge in [-0.1, -0.05) is 11.8 Å². The van der Waals surface area contributed by atoms with E-state index >= 15 is 0 Å². The van der Waals surface area contributed by atoms with Crippen LogP contribution in [0.2, 0.25) is 0 Å². The Labute approximate surface area is 171 Å². The van der Waals surface area contributed by atoms with Crippen molar-refractivity contribution in [2.45, 2.75) is 37.8 Å². The third kappa shape index (κ3) is 3.71. The molecule has 0 aliphatic heterocycles. The predicted molar refractivity (Wildman–Crippen MR) is 114 cm³/mol. The van der Waals surface area contributed by atoms with Gasteiger partial charge < -0.3 is 10.6 Å². The highest BCUT2D eigenvalue weighted by Crippen LogP contribution is 2.38. The summed E-state index contributed by atoms with van der Waals surface area (Å²) in [5, 5.41) is 1.52. The van der Waals surface area contributed by atoms with Crippen LogP contribution in [0.1, 0.15) is 30.2 Å². The topological polar surface area (TPSA) is 72.1 Å². The average molecular weight is 417 g/mol. The number of thioether (sulfide) groups is 1. The van der Waals surface area contributed by atoms with Gasteiger partial charge in [0.1, 0.15) is 16.5 Å². The SMILES string of the molecule is CCN(C(=O)CSc1nc(N)c2c3c(sc2n1)CCCC3)c1ccc(F)cc1. The van der Waals surface area contributed by atoms with Crippen LogP contribution in [0.25, 0.3) is 10.2 Å². The van der Waals surface area contributed by atoms with Gasteiger partial charge in [-0.25, -0.2) is 14.4 Å². The number of amides is 1. The van der Waals surface area contributed by atoms with Crippen molar-refractivity contribution in [1.29, 1.82) is 0 Å². The second-order valence-electron chi connectivity index (χ2n) is 6.69. The molecule has 28 heavy (non-hydrogen) atoms. The lowest BCUT2D eigenvalue weighted by atomic mass is 9.97. The molecule has 1 amide bonds. The molecule has 3 aromatic rings. The minimum atomic E-state index is -0.322. The van der Waals surface area contributed by atoms with E-state index in [9.17, 15) is 9.18 Å². The number of benzene rings is 1. The maximum Gasteiger partial charge on any atom is 0.237 e. The van der Waals surface area contributed by atoms with Crippen molar-refractivity contribution in [2.24, 2.45) is 0 Å². The number of anilines is 2. The third-order valence-corrected chi connectivity index (χ3v) is 6.92. The molecule has 146 valence electrons. The van der Waals surface area contributed by atoms with E-state index in [0.29, 0.717) is 23.2 Å².